The van der Waals surface area contributed by atoms with Crippen LogP contribution in [0, 0.1) is 0 Å². The van der Waals surface area contributed by atoms with Gasteiger partial charge < -0.3 is 20.4 Å². The molecule has 0 aliphatic carbocycles. The number of fused-ring (bicyclic) bond motifs is 1. The highest BCUT2D eigenvalue weighted by molar-refractivity contribution is 5.82. The molecular formula is C15H21N3O. The van der Waals surface area contributed by atoms with Crippen molar-refractivity contribution in [1.82, 2.24) is 15.6 Å². The predicted octanol–water partition coefficient (Wildman–Crippen LogP) is 1.64. The summed E-state index contributed by atoms with van der Waals surface area (Å²) in [4.78, 5) is 3.31. The molecule has 0 radical (unpaired) electrons. The summed E-state index contributed by atoms with van der Waals surface area (Å²) < 4.78 is 5.45. The summed E-state index contributed by atoms with van der Waals surface area (Å²) in [5.41, 5.74) is 2.55. The smallest absolute Gasteiger partial charge is 0.0620 e. The van der Waals surface area contributed by atoms with Crippen LogP contribution in [0.15, 0.2) is 30.5 Å². The van der Waals surface area contributed by atoms with Crippen LogP contribution in [0.2, 0.25) is 0 Å². The molecule has 1 aliphatic rings. The van der Waals surface area contributed by atoms with Gasteiger partial charge in [0.2, 0.25) is 0 Å². The van der Waals surface area contributed by atoms with E-state index in [4.69, 9.17) is 4.74 Å². The number of nitrogens with one attached hydrogen (secondary N) is 3. The van der Waals surface area contributed by atoms with Crippen molar-refractivity contribution in [3.8, 4) is 0 Å². The monoisotopic (exact) mass is 259 g/mol. The van der Waals surface area contributed by atoms with Gasteiger partial charge in [-0.05, 0) is 24.6 Å². The van der Waals surface area contributed by atoms with E-state index >= 15 is 0 Å². The molecule has 0 saturated carbocycles. The minimum Gasteiger partial charge on any atom is -0.379 e. The Morgan fingerprint density at radius 2 is 2.26 bits per heavy atom. The van der Waals surface area contributed by atoms with E-state index in [1.165, 1.54) is 16.5 Å². The second kappa shape index (κ2) is 6.19. The van der Waals surface area contributed by atoms with Gasteiger partial charge in [-0.1, -0.05) is 18.2 Å². The van der Waals surface area contributed by atoms with Crippen LogP contribution in [0.5, 0.6) is 0 Å². The van der Waals surface area contributed by atoms with Crippen LogP contribution in [-0.4, -0.2) is 37.3 Å². The van der Waals surface area contributed by atoms with Gasteiger partial charge in [0, 0.05) is 36.2 Å². The molecule has 1 saturated heterocycles. The van der Waals surface area contributed by atoms with Crippen LogP contribution in [0.25, 0.3) is 10.9 Å². The Hall–Kier alpha value is -1.36. The van der Waals surface area contributed by atoms with Crippen LogP contribution < -0.4 is 10.6 Å². The highest BCUT2D eigenvalue weighted by Gasteiger charge is 2.11. The molecule has 19 heavy (non-hydrogen) atoms. The normalized spacial score (nSPS) is 19.9. The standard InChI is InChI=1S/C15H21N3O/c1-2-4-15-14(3-1)12(10-18-15)9-16-6-5-13-11-19-8-7-17-13/h1-4,10,13,16-18H,5-9,11H2. The number of benzene rings is 1. The van der Waals surface area contributed by atoms with Crippen molar-refractivity contribution < 1.29 is 4.74 Å². The number of hydrogen-bond acceptors (Lipinski definition) is 3. The number of ether oxygens (including phenoxy) is 1. The van der Waals surface area contributed by atoms with Crippen molar-refractivity contribution in [2.45, 2.75) is 19.0 Å². The molecule has 1 atom stereocenters. The van der Waals surface area contributed by atoms with Crippen molar-refractivity contribution in [2.75, 3.05) is 26.3 Å². The van der Waals surface area contributed by atoms with Crippen molar-refractivity contribution in [2.24, 2.45) is 0 Å². The quantitative estimate of drug-likeness (QED) is 0.715. The zero-order valence-electron chi connectivity index (χ0n) is 11.1. The number of para-hydroxylation sites is 1. The van der Waals surface area contributed by atoms with Crippen LogP contribution in [0.1, 0.15) is 12.0 Å². The lowest BCUT2D eigenvalue weighted by Gasteiger charge is -2.23. The molecular weight excluding hydrogens is 238 g/mol. The van der Waals surface area contributed by atoms with E-state index in [2.05, 4.69) is 46.1 Å². The summed E-state index contributed by atoms with van der Waals surface area (Å²) in [6, 6.07) is 8.93. The first-order valence-corrected chi connectivity index (χ1v) is 7.00. The largest absolute Gasteiger partial charge is 0.379 e. The van der Waals surface area contributed by atoms with Gasteiger partial charge in [-0.2, -0.15) is 0 Å². The second-order valence-corrected chi connectivity index (χ2v) is 5.05. The second-order valence-electron chi connectivity index (χ2n) is 5.05. The Kier molecular flexibility index (Phi) is 4.13. The lowest BCUT2D eigenvalue weighted by Crippen LogP contribution is -2.42. The first-order chi connectivity index (χ1) is 9.43. The molecule has 4 heteroatoms. The molecule has 0 spiro atoms. The molecule has 2 heterocycles. The fourth-order valence-electron chi connectivity index (χ4n) is 2.58. The van der Waals surface area contributed by atoms with Crippen molar-refractivity contribution in [3.05, 3.63) is 36.0 Å². The maximum atomic E-state index is 5.45. The average Bonchev–Trinajstić information content (AvgIpc) is 2.88. The highest BCUT2D eigenvalue weighted by atomic mass is 16.5. The van der Waals surface area contributed by atoms with Crippen LogP contribution in [0.4, 0.5) is 0 Å². The van der Waals surface area contributed by atoms with Crippen LogP contribution in [-0.2, 0) is 11.3 Å². The van der Waals surface area contributed by atoms with E-state index in [0.717, 1.165) is 39.3 Å². The van der Waals surface area contributed by atoms with Gasteiger partial charge >= 0.3 is 0 Å². The Morgan fingerprint density at radius 1 is 1.32 bits per heavy atom. The van der Waals surface area contributed by atoms with Gasteiger partial charge in [0.25, 0.3) is 0 Å². The van der Waals surface area contributed by atoms with Gasteiger partial charge in [0.1, 0.15) is 0 Å². The Bertz CT molecular complexity index is 517. The summed E-state index contributed by atoms with van der Waals surface area (Å²) in [6.07, 6.45) is 3.21. The molecule has 1 aromatic carbocycles. The first-order valence-electron chi connectivity index (χ1n) is 7.00. The van der Waals surface area contributed by atoms with E-state index in [0.29, 0.717) is 6.04 Å². The fraction of sp³-hybridized carbons (Fsp3) is 0.467. The fourth-order valence-corrected chi connectivity index (χ4v) is 2.58. The number of aromatic nitrogens is 1. The van der Waals surface area contributed by atoms with Gasteiger partial charge in [0.05, 0.1) is 13.2 Å². The number of aromatic amines is 1. The molecule has 3 N–H and O–H groups in total. The molecule has 1 fully saturated rings. The number of H-pyrrole nitrogens is 1. The summed E-state index contributed by atoms with van der Waals surface area (Å²) in [5.74, 6) is 0. The third-order valence-corrected chi connectivity index (χ3v) is 3.66. The molecule has 3 rings (SSSR count). The van der Waals surface area contributed by atoms with Gasteiger partial charge in [-0.15, -0.1) is 0 Å². The molecule has 1 aromatic heterocycles. The molecule has 1 aliphatic heterocycles. The highest BCUT2D eigenvalue weighted by Crippen LogP contribution is 2.17. The van der Waals surface area contributed by atoms with Crippen molar-refractivity contribution in [1.29, 1.82) is 0 Å². The first kappa shape index (κ1) is 12.7. The minimum atomic E-state index is 0.504. The molecule has 2 aromatic rings. The Balaban J connectivity index is 1.47. The molecule has 0 bridgehead atoms. The van der Waals surface area contributed by atoms with Gasteiger partial charge in [-0.25, -0.2) is 0 Å². The van der Waals surface area contributed by atoms with Gasteiger partial charge in [0.15, 0.2) is 0 Å². The van der Waals surface area contributed by atoms with E-state index in [1.54, 1.807) is 0 Å². The Morgan fingerprint density at radius 3 is 3.16 bits per heavy atom. The molecule has 102 valence electrons. The number of rotatable bonds is 5. The van der Waals surface area contributed by atoms with E-state index < -0.39 is 0 Å². The Labute approximate surface area is 113 Å². The summed E-state index contributed by atoms with van der Waals surface area (Å²) in [5, 5.41) is 8.30. The minimum absolute atomic E-state index is 0.504. The summed E-state index contributed by atoms with van der Waals surface area (Å²) in [7, 11) is 0. The topological polar surface area (TPSA) is 49.1 Å². The maximum absolute atomic E-state index is 5.45. The third-order valence-electron chi connectivity index (χ3n) is 3.66. The molecule has 1 unspecified atom stereocenters. The lowest BCUT2D eigenvalue weighted by molar-refractivity contribution is 0.0742. The van der Waals surface area contributed by atoms with Crippen LogP contribution in [0.3, 0.4) is 0 Å². The van der Waals surface area contributed by atoms with E-state index in [9.17, 15) is 0 Å². The molecule has 0 amide bonds. The van der Waals surface area contributed by atoms with E-state index in [1.807, 2.05) is 0 Å². The lowest BCUT2D eigenvalue weighted by atomic mass is 10.1. The molecule has 4 nitrogen and oxygen atoms in total. The summed E-state index contributed by atoms with van der Waals surface area (Å²) >= 11 is 0. The number of hydrogen-bond donors (Lipinski definition) is 3. The maximum Gasteiger partial charge on any atom is 0.0620 e. The summed E-state index contributed by atoms with van der Waals surface area (Å²) in [6.45, 7) is 4.60. The SMILES string of the molecule is c1ccc2c(CNCCC3COCCN3)c[nH]c2c1. The van der Waals surface area contributed by atoms with Crippen molar-refractivity contribution in [3.63, 3.8) is 0 Å². The number of morpholine rings is 1. The van der Waals surface area contributed by atoms with Gasteiger partial charge in [-0.3, -0.25) is 0 Å². The zero-order valence-corrected chi connectivity index (χ0v) is 11.1. The predicted molar refractivity (Wildman–Crippen MR) is 77.2 cm³/mol. The van der Waals surface area contributed by atoms with E-state index in [-0.39, 0.29) is 0 Å². The van der Waals surface area contributed by atoms with Crippen molar-refractivity contribution >= 4 is 10.9 Å². The zero-order chi connectivity index (χ0) is 12.9. The van der Waals surface area contributed by atoms with Crippen LogP contribution >= 0.6 is 0 Å². The average molecular weight is 259 g/mol. The third kappa shape index (κ3) is 3.15.